The summed E-state index contributed by atoms with van der Waals surface area (Å²) in [6, 6.07) is 14.5. The van der Waals surface area contributed by atoms with Gasteiger partial charge in [0.2, 0.25) is 0 Å². The van der Waals surface area contributed by atoms with Gasteiger partial charge in [0.05, 0.1) is 0 Å². The summed E-state index contributed by atoms with van der Waals surface area (Å²) in [5.41, 5.74) is 1.12. The SMILES string of the molecule is O=C(O)c1c(-c2ccccc2)c2cc(Cl)ccc2c(=O)n1CC1CCCCC1. The second kappa shape index (κ2) is 7.80. The molecule has 4 nitrogen and oxygen atoms in total. The highest BCUT2D eigenvalue weighted by molar-refractivity contribution is 6.31. The van der Waals surface area contributed by atoms with E-state index in [1.807, 2.05) is 30.3 Å². The van der Waals surface area contributed by atoms with Crippen LogP contribution in [-0.4, -0.2) is 15.6 Å². The quantitative estimate of drug-likeness (QED) is 0.625. The maximum absolute atomic E-state index is 13.3. The van der Waals surface area contributed by atoms with Crippen LogP contribution in [0.3, 0.4) is 0 Å². The molecule has 0 atom stereocenters. The van der Waals surface area contributed by atoms with Crippen molar-refractivity contribution in [2.75, 3.05) is 0 Å². The van der Waals surface area contributed by atoms with Gasteiger partial charge in [0.15, 0.2) is 0 Å². The topological polar surface area (TPSA) is 59.3 Å². The van der Waals surface area contributed by atoms with Crippen molar-refractivity contribution < 1.29 is 9.90 Å². The molecule has 0 bridgehead atoms. The van der Waals surface area contributed by atoms with Gasteiger partial charge in [-0.2, -0.15) is 0 Å². The average molecular weight is 396 g/mol. The number of hydrogen-bond acceptors (Lipinski definition) is 2. The number of rotatable bonds is 4. The molecular formula is C23H22ClNO3. The third kappa shape index (κ3) is 3.45. The van der Waals surface area contributed by atoms with Crippen molar-refractivity contribution in [2.24, 2.45) is 5.92 Å². The van der Waals surface area contributed by atoms with Gasteiger partial charge in [-0.3, -0.25) is 4.79 Å². The van der Waals surface area contributed by atoms with Crippen LogP contribution in [0, 0.1) is 5.92 Å². The Bertz CT molecular complexity index is 1080. The Kier molecular flexibility index (Phi) is 5.23. The molecule has 3 aromatic rings. The summed E-state index contributed by atoms with van der Waals surface area (Å²) in [4.78, 5) is 25.6. The number of aromatic carboxylic acids is 1. The molecule has 1 heterocycles. The van der Waals surface area contributed by atoms with Crippen LogP contribution in [0.2, 0.25) is 5.02 Å². The van der Waals surface area contributed by atoms with Crippen LogP contribution in [0.1, 0.15) is 42.6 Å². The third-order valence-electron chi connectivity index (χ3n) is 5.66. The van der Waals surface area contributed by atoms with Crippen molar-refractivity contribution in [3.8, 4) is 11.1 Å². The lowest BCUT2D eigenvalue weighted by Crippen LogP contribution is -2.30. The summed E-state index contributed by atoms with van der Waals surface area (Å²) in [5, 5.41) is 11.7. The molecule has 1 aromatic heterocycles. The molecule has 0 radical (unpaired) electrons. The molecule has 4 rings (SSSR count). The molecule has 2 aromatic carbocycles. The van der Waals surface area contributed by atoms with E-state index in [0.29, 0.717) is 33.8 Å². The molecule has 0 unspecified atom stereocenters. The molecule has 28 heavy (non-hydrogen) atoms. The predicted molar refractivity (Wildman–Crippen MR) is 112 cm³/mol. The molecule has 0 amide bonds. The lowest BCUT2D eigenvalue weighted by molar-refractivity contribution is 0.0682. The summed E-state index contributed by atoms with van der Waals surface area (Å²) >= 11 is 6.20. The van der Waals surface area contributed by atoms with Crippen LogP contribution in [0.5, 0.6) is 0 Å². The third-order valence-corrected chi connectivity index (χ3v) is 5.90. The Labute approximate surface area is 168 Å². The molecule has 144 valence electrons. The van der Waals surface area contributed by atoms with E-state index in [2.05, 4.69) is 0 Å². The van der Waals surface area contributed by atoms with Gasteiger partial charge in [-0.15, -0.1) is 0 Å². The highest BCUT2D eigenvalue weighted by Gasteiger charge is 2.25. The zero-order valence-corrected chi connectivity index (χ0v) is 16.3. The molecule has 1 aliphatic rings. The van der Waals surface area contributed by atoms with E-state index in [4.69, 9.17) is 11.6 Å². The average Bonchev–Trinajstić information content (AvgIpc) is 2.71. The van der Waals surface area contributed by atoms with Gasteiger partial charge in [-0.1, -0.05) is 61.2 Å². The van der Waals surface area contributed by atoms with E-state index < -0.39 is 5.97 Å². The van der Waals surface area contributed by atoms with Crippen LogP contribution in [0.4, 0.5) is 0 Å². The lowest BCUT2D eigenvalue weighted by Gasteiger charge is -2.25. The first-order valence-electron chi connectivity index (χ1n) is 9.71. The van der Waals surface area contributed by atoms with E-state index >= 15 is 0 Å². The van der Waals surface area contributed by atoms with E-state index in [9.17, 15) is 14.7 Å². The van der Waals surface area contributed by atoms with E-state index in [-0.39, 0.29) is 11.3 Å². The number of benzene rings is 2. The van der Waals surface area contributed by atoms with Gasteiger partial charge in [0.25, 0.3) is 5.56 Å². The standard InChI is InChI=1S/C23H22ClNO3/c24-17-11-12-18-19(13-17)20(16-9-5-2-6-10-16)21(23(27)28)25(22(18)26)14-15-7-3-1-4-8-15/h2,5-6,9-13,15H,1,3-4,7-8,14H2,(H,27,28). The van der Waals surface area contributed by atoms with E-state index in [1.54, 1.807) is 18.2 Å². The van der Waals surface area contributed by atoms with E-state index in [0.717, 1.165) is 31.2 Å². The summed E-state index contributed by atoms with van der Waals surface area (Å²) in [7, 11) is 0. The van der Waals surface area contributed by atoms with Crippen molar-refractivity contribution >= 4 is 28.3 Å². The Morgan fingerprint density at radius 3 is 2.43 bits per heavy atom. The fourth-order valence-corrected chi connectivity index (χ4v) is 4.51. The number of pyridine rings is 1. The number of hydrogen-bond donors (Lipinski definition) is 1. The zero-order chi connectivity index (χ0) is 19.7. The number of carboxylic acid groups (broad SMARTS) is 1. The number of halogens is 1. The molecule has 1 saturated carbocycles. The van der Waals surface area contributed by atoms with Gasteiger partial charge in [0, 0.05) is 22.5 Å². The Morgan fingerprint density at radius 2 is 1.75 bits per heavy atom. The molecule has 0 spiro atoms. The summed E-state index contributed by atoms with van der Waals surface area (Å²) in [6.07, 6.45) is 5.55. The van der Waals surface area contributed by atoms with Crippen LogP contribution in [0.15, 0.2) is 53.3 Å². The highest BCUT2D eigenvalue weighted by Crippen LogP contribution is 2.33. The molecule has 5 heteroatoms. The van der Waals surface area contributed by atoms with Gasteiger partial charge < -0.3 is 9.67 Å². The fourth-order valence-electron chi connectivity index (χ4n) is 4.34. The first kappa shape index (κ1) is 18.8. The predicted octanol–water partition coefficient (Wildman–Crippen LogP) is 5.60. The maximum atomic E-state index is 13.3. The molecule has 0 saturated heterocycles. The number of nitrogens with zero attached hydrogens (tertiary/aromatic N) is 1. The van der Waals surface area contributed by atoms with Crippen LogP contribution >= 0.6 is 11.6 Å². The maximum Gasteiger partial charge on any atom is 0.353 e. The summed E-state index contributed by atoms with van der Waals surface area (Å²) < 4.78 is 1.48. The molecular weight excluding hydrogens is 374 g/mol. The van der Waals surface area contributed by atoms with Crippen LogP contribution in [0.25, 0.3) is 21.9 Å². The van der Waals surface area contributed by atoms with Crippen molar-refractivity contribution in [3.63, 3.8) is 0 Å². The number of fused-ring (bicyclic) bond motifs is 1. The van der Waals surface area contributed by atoms with Crippen molar-refractivity contribution in [1.82, 2.24) is 4.57 Å². The Hall–Kier alpha value is -2.59. The second-order valence-electron chi connectivity index (χ2n) is 7.50. The lowest BCUT2D eigenvalue weighted by atomic mass is 9.88. The van der Waals surface area contributed by atoms with Gasteiger partial charge in [-0.25, -0.2) is 4.79 Å². The van der Waals surface area contributed by atoms with Crippen LogP contribution < -0.4 is 5.56 Å². The minimum atomic E-state index is -1.09. The smallest absolute Gasteiger partial charge is 0.353 e. The molecule has 0 aliphatic heterocycles. The number of carboxylic acids is 1. The Balaban J connectivity index is 2.04. The minimum Gasteiger partial charge on any atom is -0.477 e. The van der Waals surface area contributed by atoms with Crippen molar-refractivity contribution in [2.45, 2.75) is 38.6 Å². The number of aromatic nitrogens is 1. The van der Waals surface area contributed by atoms with E-state index in [1.165, 1.54) is 11.0 Å². The largest absolute Gasteiger partial charge is 0.477 e. The normalized spacial score (nSPS) is 15.0. The fraction of sp³-hybridized carbons (Fsp3) is 0.304. The van der Waals surface area contributed by atoms with Gasteiger partial charge in [0.1, 0.15) is 5.69 Å². The molecule has 1 aliphatic carbocycles. The highest BCUT2D eigenvalue weighted by atomic mass is 35.5. The second-order valence-corrected chi connectivity index (χ2v) is 7.94. The number of carbonyl (C=O) groups is 1. The molecule has 1 N–H and O–H groups in total. The van der Waals surface area contributed by atoms with Crippen molar-refractivity contribution in [1.29, 1.82) is 0 Å². The first-order valence-corrected chi connectivity index (χ1v) is 10.1. The summed E-state index contributed by atoms with van der Waals surface area (Å²) in [5.74, 6) is -0.758. The Morgan fingerprint density at radius 1 is 1.04 bits per heavy atom. The van der Waals surface area contributed by atoms with Gasteiger partial charge >= 0.3 is 5.97 Å². The minimum absolute atomic E-state index is 0.0524. The van der Waals surface area contributed by atoms with Crippen LogP contribution in [-0.2, 0) is 6.54 Å². The van der Waals surface area contributed by atoms with Crippen molar-refractivity contribution in [3.05, 3.63) is 69.6 Å². The zero-order valence-electron chi connectivity index (χ0n) is 15.5. The first-order chi connectivity index (χ1) is 13.6. The van der Waals surface area contributed by atoms with Gasteiger partial charge in [-0.05, 0) is 47.9 Å². The molecule has 1 fully saturated rings. The monoisotopic (exact) mass is 395 g/mol. The summed E-state index contributed by atoms with van der Waals surface area (Å²) in [6.45, 7) is 0.443.